The number of rotatable bonds is 10. The maximum Gasteiger partial charge on any atom is 0.337 e. The first-order chi connectivity index (χ1) is 7.24. The minimum atomic E-state index is -1.83. The van der Waals surface area contributed by atoms with Crippen molar-refractivity contribution >= 4 is 8.56 Å². The number of hydrogen-bond acceptors (Lipinski definition) is 3. The molecule has 0 saturated carbocycles. The average molecular weight is 233 g/mol. The van der Waals surface area contributed by atoms with Crippen molar-refractivity contribution in [2.24, 2.45) is 0 Å². The second-order valence-electron chi connectivity index (χ2n) is 3.88. The lowest BCUT2D eigenvalue weighted by Gasteiger charge is -2.25. The van der Waals surface area contributed by atoms with Crippen LogP contribution in [0.4, 0.5) is 0 Å². The van der Waals surface area contributed by atoms with Crippen LogP contribution in [0.3, 0.4) is 0 Å². The monoisotopic (exact) mass is 233 g/mol. The highest BCUT2D eigenvalue weighted by molar-refractivity contribution is 6.67. The minimum Gasteiger partial charge on any atom is -0.398 e. The molecule has 0 aromatic carbocycles. The van der Waals surface area contributed by atoms with Crippen molar-refractivity contribution < 1.29 is 8.85 Å². The molecule has 0 aromatic heterocycles. The van der Waals surface area contributed by atoms with Crippen LogP contribution >= 0.6 is 0 Å². The molecule has 0 atom stereocenters. The lowest BCUT2D eigenvalue weighted by atomic mass is 10.3. The van der Waals surface area contributed by atoms with Crippen molar-refractivity contribution in [2.45, 2.75) is 45.2 Å². The molecule has 0 radical (unpaired) electrons. The normalized spacial score (nSPS) is 12.0. The third kappa shape index (κ3) is 6.30. The van der Waals surface area contributed by atoms with Crippen LogP contribution < -0.4 is 5.32 Å². The first-order valence-corrected chi connectivity index (χ1v) is 8.28. The van der Waals surface area contributed by atoms with E-state index in [-0.39, 0.29) is 0 Å². The van der Waals surface area contributed by atoms with E-state index in [2.05, 4.69) is 19.2 Å². The molecule has 0 bridgehead atoms. The molecule has 0 saturated heterocycles. The lowest BCUT2D eigenvalue weighted by Crippen LogP contribution is -2.39. The molecule has 0 fully saturated rings. The Morgan fingerprint density at radius 2 is 1.60 bits per heavy atom. The molecule has 3 nitrogen and oxygen atoms in total. The van der Waals surface area contributed by atoms with E-state index in [9.17, 15) is 0 Å². The zero-order valence-corrected chi connectivity index (χ0v) is 11.8. The van der Waals surface area contributed by atoms with Gasteiger partial charge >= 0.3 is 8.56 Å². The minimum absolute atomic E-state index is 1.04. The van der Waals surface area contributed by atoms with Crippen molar-refractivity contribution in [2.75, 3.05) is 27.3 Å². The summed E-state index contributed by atoms with van der Waals surface area (Å²) in [5.74, 6) is 0. The Morgan fingerprint density at radius 1 is 1.00 bits per heavy atom. The zero-order valence-electron chi connectivity index (χ0n) is 10.8. The summed E-state index contributed by atoms with van der Waals surface area (Å²) in [5, 5.41) is 3.44. The number of nitrogens with one attached hydrogen (secondary N) is 1. The van der Waals surface area contributed by atoms with Gasteiger partial charge in [0.1, 0.15) is 0 Å². The number of hydrogen-bond donors (Lipinski definition) is 1. The van der Waals surface area contributed by atoms with Gasteiger partial charge in [-0.25, -0.2) is 0 Å². The average Bonchev–Trinajstić information content (AvgIpc) is 2.29. The molecular weight excluding hydrogens is 206 g/mol. The third-order valence-corrected chi connectivity index (χ3v) is 6.58. The molecule has 0 aliphatic heterocycles. The maximum absolute atomic E-state index is 5.55. The summed E-state index contributed by atoms with van der Waals surface area (Å²) in [7, 11) is 1.74. The fourth-order valence-electron chi connectivity index (χ4n) is 1.66. The molecule has 0 aromatic rings. The third-order valence-electron chi connectivity index (χ3n) is 2.90. The van der Waals surface area contributed by atoms with Gasteiger partial charge in [0.25, 0.3) is 0 Å². The van der Waals surface area contributed by atoms with Gasteiger partial charge in [0.05, 0.1) is 0 Å². The first kappa shape index (κ1) is 15.1. The van der Waals surface area contributed by atoms with Gasteiger partial charge in [0, 0.05) is 14.2 Å². The second kappa shape index (κ2) is 9.33. The van der Waals surface area contributed by atoms with Crippen molar-refractivity contribution in [3.8, 4) is 0 Å². The van der Waals surface area contributed by atoms with Gasteiger partial charge in [-0.15, -0.1) is 0 Å². The Kier molecular flexibility index (Phi) is 9.39. The Bertz CT molecular complexity index is 132. The second-order valence-corrected chi connectivity index (χ2v) is 7.72. The summed E-state index contributed by atoms with van der Waals surface area (Å²) in [6, 6.07) is 2.13. The van der Waals surface area contributed by atoms with Crippen LogP contribution in [0.15, 0.2) is 0 Å². The van der Waals surface area contributed by atoms with Gasteiger partial charge in [0.15, 0.2) is 0 Å². The standard InChI is InChI=1S/C11H27NO2Si/c1-5-7-9-12-10-8-11-15(6-2,13-3)14-4/h12H,5-11H2,1-4H3. The van der Waals surface area contributed by atoms with Crippen LogP contribution in [0.5, 0.6) is 0 Å². The molecule has 0 heterocycles. The summed E-state index contributed by atoms with van der Waals surface area (Å²) in [4.78, 5) is 0. The maximum atomic E-state index is 5.55. The van der Waals surface area contributed by atoms with E-state index in [1.807, 2.05) is 0 Å². The fraction of sp³-hybridized carbons (Fsp3) is 1.00. The molecule has 92 valence electrons. The summed E-state index contributed by atoms with van der Waals surface area (Å²) >= 11 is 0. The van der Waals surface area contributed by atoms with Crippen LogP contribution in [0.25, 0.3) is 0 Å². The van der Waals surface area contributed by atoms with E-state index in [4.69, 9.17) is 8.85 Å². The molecule has 0 rings (SSSR count). The highest BCUT2D eigenvalue weighted by Crippen LogP contribution is 2.18. The molecule has 4 heteroatoms. The Balaban J connectivity index is 3.54. The van der Waals surface area contributed by atoms with Crippen LogP contribution in [-0.4, -0.2) is 35.9 Å². The van der Waals surface area contributed by atoms with Gasteiger partial charge in [0.2, 0.25) is 0 Å². The van der Waals surface area contributed by atoms with Crippen molar-refractivity contribution in [1.29, 1.82) is 0 Å². The van der Waals surface area contributed by atoms with E-state index in [0.717, 1.165) is 31.6 Å². The lowest BCUT2D eigenvalue weighted by molar-refractivity contribution is 0.241. The summed E-state index contributed by atoms with van der Waals surface area (Å²) in [6.07, 6.45) is 3.69. The molecule has 0 aliphatic carbocycles. The smallest absolute Gasteiger partial charge is 0.337 e. The van der Waals surface area contributed by atoms with E-state index in [1.165, 1.54) is 12.8 Å². The highest BCUT2D eigenvalue weighted by Gasteiger charge is 2.32. The van der Waals surface area contributed by atoms with Gasteiger partial charge in [-0.1, -0.05) is 20.3 Å². The molecular formula is C11H27NO2Si. The fourth-order valence-corrected chi connectivity index (χ4v) is 3.88. The Morgan fingerprint density at radius 3 is 2.07 bits per heavy atom. The van der Waals surface area contributed by atoms with Crippen LogP contribution in [0.1, 0.15) is 33.1 Å². The molecule has 15 heavy (non-hydrogen) atoms. The predicted octanol–water partition coefficient (Wildman–Crippen LogP) is 2.52. The molecule has 1 N–H and O–H groups in total. The molecule has 0 amide bonds. The van der Waals surface area contributed by atoms with Gasteiger partial charge < -0.3 is 14.2 Å². The van der Waals surface area contributed by atoms with E-state index < -0.39 is 8.56 Å². The summed E-state index contributed by atoms with van der Waals surface area (Å²) in [6.45, 7) is 6.59. The van der Waals surface area contributed by atoms with Crippen LogP contribution in [0.2, 0.25) is 12.1 Å². The largest absolute Gasteiger partial charge is 0.398 e. The van der Waals surface area contributed by atoms with Crippen LogP contribution in [-0.2, 0) is 8.85 Å². The van der Waals surface area contributed by atoms with Crippen LogP contribution in [0, 0.1) is 0 Å². The topological polar surface area (TPSA) is 30.5 Å². The summed E-state index contributed by atoms with van der Waals surface area (Å²) in [5.41, 5.74) is 0. The van der Waals surface area contributed by atoms with Crippen molar-refractivity contribution in [3.63, 3.8) is 0 Å². The Labute approximate surface area is 95.8 Å². The van der Waals surface area contributed by atoms with E-state index in [1.54, 1.807) is 14.2 Å². The van der Waals surface area contributed by atoms with E-state index >= 15 is 0 Å². The summed E-state index contributed by atoms with van der Waals surface area (Å²) < 4.78 is 11.1. The quantitative estimate of drug-likeness (QED) is 0.464. The highest BCUT2D eigenvalue weighted by atomic mass is 28.4. The molecule has 0 spiro atoms. The van der Waals surface area contributed by atoms with Crippen molar-refractivity contribution in [3.05, 3.63) is 0 Å². The van der Waals surface area contributed by atoms with Gasteiger partial charge in [-0.2, -0.15) is 0 Å². The van der Waals surface area contributed by atoms with Gasteiger partial charge in [-0.05, 0) is 38.0 Å². The molecule has 0 unspecified atom stereocenters. The molecule has 0 aliphatic rings. The van der Waals surface area contributed by atoms with Crippen molar-refractivity contribution in [1.82, 2.24) is 5.32 Å². The number of unbranched alkanes of at least 4 members (excludes halogenated alkanes) is 1. The Hall–Kier alpha value is 0.0969. The SMILES string of the molecule is CCCCNCCC[Si](CC)(OC)OC. The van der Waals surface area contributed by atoms with Gasteiger partial charge in [-0.3, -0.25) is 0 Å². The van der Waals surface area contributed by atoms with E-state index in [0.29, 0.717) is 0 Å². The predicted molar refractivity (Wildman–Crippen MR) is 67.5 cm³/mol. The first-order valence-electron chi connectivity index (χ1n) is 6.05. The zero-order chi connectivity index (χ0) is 11.6.